The van der Waals surface area contributed by atoms with Gasteiger partial charge in [0.25, 0.3) is 0 Å². The molecule has 5 heteroatoms. The Bertz CT molecular complexity index is 650. The molecule has 1 aromatic carbocycles. The van der Waals surface area contributed by atoms with Crippen molar-refractivity contribution >= 4 is 28.7 Å². The van der Waals surface area contributed by atoms with Crippen molar-refractivity contribution in [3.63, 3.8) is 0 Å². The lowest BCUT2D eigenvalue weighted by molar-refractivity contribution is -0.116. The minimum absolute atomic E-state index is 0.0935. The topological polar surface area (TPSA) is 55.4 Å². The second-order valence-corrected chi connectivity index (χ2v) is 5.95. The third-order valence-electron chi connectivity index (χ3n) is 3.23. The van der Waals surface area contributed by atoms with Crippen LogP contribution in [-0.2, 0) is 4.79 Å². The van der Waals surface area contributed by atoms with Crippen molar-refractivity contribution in [1.82, 2.24) is 0 Å². The van der Waals surface area contributed by atoms with Crippen LogP contribution in [0.5, 0.6) is 5.75 Å². The van der Waals surface area contributed by atoms with E-state index in [0.717, 1.165) is 10.4 Å². The number of methoxy groups -OCH3 is 1. The van der Waals surface area contributed by atoms with E-state index < -0.39 is 0 Å². The van der Waals surface area contributed by atoms with E-state index in [9.17, 15) is 9.59 Å². The average molecular weight is 317 g/mol. The summed E-state index contributed by atoms with van der Waals surface area (Å²) in [7, 11) is 1.57. The maximum atomic E-state index is 12.0. The van der Waals surface area contributed by atoms with Gasteiger partial charge < -0.3 is 10.1 Å². The highest BCUT2D eigenvalue weighted by Crippen LogP contribution is 2.25. The number of rotatable bonds is 7. The van der Waals surface area contributed by atoms with Crippen LogP contribution >= 0.6 is 11.3 Å². The van der Waals surface area contributed by atoms with Gasteiger partial charge in [0.2, 0.25) is 5.91 Å². The fraction of sp³-hybridized carbons (Fsp3) is 0.294. The van der Waals surface area contributed by atoms with Crippen molar-refractivity contribution in [2.45, 2.75) is 26.2 Å². The van der Waals surface area contributed by atoms with E-state index in [-0.39, 0.29) is 11.7 Å². The van der Waals surface area contributed by atoms with E-state index in [1.165, 1.54) is 11.3 Å². The van der Waals surface area contributed by atoms with Crippen molar-refractivity contribution in [2.75, 3.05) is 12.4 Å². The summed E-state index contributed by atoms with van der Waals surface area (Å²) in [5.41, 5.74) is 1.71. The summed E-state index contributed by atoms with van der Waals surface area (Å²) in [6.45, 7) is 1.95. The normalized spacial score (nSPS) is 10.3. The van der Waals surface area contributed by atoms with Crippen molar-refractivity contribution in [3.8, 4) is 5.75 Å². The van der Waals surface area contributed by atoms with Crippen LogP contribution in [0, 0.1) is 6.92 Å². The Labute approximate surface area is 134 Å². The first-order valence-corrected chi connectivity index (χ1v) is 7.99. The van der Waals surface area contributed by atoms with Gasteiger partial charge in [0.15, 0.2) is 5.78 Å². The number of amides is 1. The van der Waals surface area contributed by atoms with E-state index in [4.69, 9.17) is 4.74 Å². The van der Waals surface area contributed by atoms with Gasteiger partial charge in [0.1, 0.15) is 5.75 Å². The molecular weight excluding hydrogens is 298 g/mol. The Morgan fingerprint density at radius 1 is 1.23 bits per heavy atom. The fourth-order valence-corrected chi connectivity index (χ4v) is 2.80. The number of carbonyl (C=O) groups excluding carboxylic acids is 2. The maximum absolute atomic E-state index is 12.0. The van der Waals surface area contributed by atoms with Crippen molar-refractivity contribution in [2.24, 2.45) is 0 Å². The number of Topliss-reactive ketones (excluding diaryl/α,β-unsaturated/α-hetero) is 1. The number of carbonyl (C=O) groups is 2. The summed E-state index contributed by atoms with van der Waals surface area (Å²) in [6.07, 6.45) is 1.24. The number of hydrogen-bond donors (Lipinski definition) is 1. The average Bonchev–Trinajstić information content (AvgIpc) is 3.01. The summed E-state index contributed by atoms with van der Waals surface area (Å²) >= 11 is 1.43. The van der Waals surface area contributed by atoms with Gasteiger partial charge in [-0.3, -0.25) is 9.59 Å². The molecule has 2 rings (SSSR count). The molecule has 0 unspecified atom stereocenters. The SMILES string of the molecule is COc1ccc(C)cc1NC(=O)CCCC(=O)c1cccs1. The Morgan fingerprint density at radius 2 is 2.05 bits per heavy atom. The van der Waals surface area contributed by atoms with Gasteiger partial charge in [-0.05, 0) is 42.5 Å². The van der Waals surface area contributed by atoms with E-state index in [1.807, 2.05) is 42.6 Å². The molecule has 1 heterocycles. The number of benzene rings is 1. The highest BCUT2D eigenvalue weighted by atomic mass is 32.1. The van der Waals surface area contributed by atoms with E-state index >= 15 is 0 Å². The first kappa shape index (κ1) is 16.2. The van der Waals surface area contributed by atoms with Gasteiger partial charge in [-0.15, -0.1) is 11.3 Å². The van der Waals surface area contributed by atoms with Crippen LogP contribution in [0.3, 0.4) is 0 Å². The smallest absolute Gasteiger partial charge is 0.224 e. The molecule has 1 amide bonds. The molecule has 0 aliphatic carbocycles. The molecule has 1 aromatic heterocycles. The Balaban J connectivity index is 1.83. The number of nitrogens with one attached hydrogen (secondary N) is 1. The Morgan fingerprint density at radius 3 is 2.73 bits per heavy atom. The molecule has 0 aliphatic heterocycles. The summed E-state index contributed by atoms with van der Waals surface area (Å²) < 4.78 is 5.23. The molecular formula is C17H19NO3S. The van der Waals surface area contributed by atoms with E-state index in [2.05, 4.69) is 5.32 Å². The zero-order valence-electron chi connectivity index (χ0n) is 12.7. The first-order chi connectivity index (χ1) is 10.6. The molecule has 0 bridgehead atoms. The number of thiophene rings is 1. The van der Waals surface area contributed by atoms with Gasteiger partial charge in [-0.25, -0.2) is 0 Å². The summed E-state index contributed by atoms with van der Waals surface area (Å²) in [5, 5.41) is 4.72. The highest BCUT2D eigenvalue weighted by Gasteiger charge is 2.10. The Hall–Kier alpha value is -2.14. The predicted octanol–water partition coefficient (Wildman–Crippen LogP) is 4.06. The van der Waals surface area contributed by atoms with Crippen molar-refractivity contribution in [3.05, 3.63) is 46.2 Å². The number of aryl methyl sites for hydroxylation is 1. The summed E-state index contributed by atoms with van der Waals surface area (Å²) in [6, 6.07) is 9.28. The minimum Gasteiger partial charge on any atom is -0.495 e. The van der Waals surface area contributed by atoms with Gasteiger partial charge in [-0.1, -0.05) is 12.1 Å². The molecule has 0 spiro atoms. The molecule has 0 fully saturated rings. The number of ketones is 1. The zero-order chi connectivity index (χ0) is 15.9. The molecule has 0 aliphatic rings. The standard InChI is InChI=1S/C17H19NO3S/c1-12-8-9-15(21-2)13(11-12)18-17(20)7-3-5-14(19)16-6-4-10-22-16/h4,6,8-11H,3,5,7H2,1-2H3,(H,18,20). The van der Waals surface area contributed by atoms with Crippen LogP contribution in [0.25, 0.3) is 0 Å². The highest BCUT2D eigenvalue weighted by molar-refractivity contribution is 7.12. The molecule has 0 atom stereocenters. The van der Waals surface area contributed by atoms with Crippen LogP contribution in [0.4, 0.5) is 5.69 Å². The fourth-order valence-electron chi connectivity index (χ4n) is 2.10. The predicted molar refractivity (Wildman–Crippen MR) is 88.9 cm³/mol. The molecule has 116 valence electrons. The third kappa shape index (κ3) is 4.43. The lowest BCUT2D eigenvalue weighted by Crippen LogP contribution is -2.12. The molecule has 22 heavy (non-hydrogen) atoms. The van der Waals surface area contributed by atoms with Crippen molar-refractivity contribution in [1.29, 1.82) is 0 Å². The number of hydrogen-bond acceptors (Lipinski definition) is 4. The molecule has 0 radical (unpaired) electrons. The third-order valence-corrected chi connectivity index (χ3v) is 4.14. The lowest BCUT2D eigenvalue weighted by Gasteiger charge is -2.10. The second kappa shape index (κ2) is 7.75. The zero-order valence-corrected chi connectivity index (χ0v) is 13.5. The summed E-state index contributed by atoms with van der Waals surface area (Å²) in [4.78, 5) is 24.6. The van der Waals surface area contributed by atoms with Crippen LogP contribution < -0.4 is 10.1 Å². The van der Waals surface area contributed by atoms with Gasteiger partial charge in [0, 0.05) is 12.8 Å². The second-order valence-electron chi connectivity index (χ2n) is 5.01. The first-order valence-electron chi connectivity index (χ1n) is 7.11. The molecule has 2 aromatic rings. The van der Waals surface area contributed by atoms with Crippen LogP contribution in [0.2, 0.25) is 0 Å². The van der Waals surface area contributed by atoms with E-state index in [1.54, 1.807) is 7.11 Å². The lowest BCUT2D eigenvalue weighted by atomic mass is 10.1. The molecule has 1 N–H and O–H groups in total. The van der Waals surface area contributed by atoms with E-state index in [0.29, 0.717) is 30.7 Å². The van der Waals surface area contributed by atoms with Crippen LogP contribution in [-0.4, -0.2) is 18.8 Å². The van der Waals surface area contributed by atoms with Gasteiger partial charge in [0.05, 0.1) is 17.7 Å². The van der Waals surface area contributed by atoms with Crippen molar-refractivity contribution < 1.29 is 14.3 Å². The Kier molecular flexibility index (Phi) is 5.72. The quantitative estimate of drug-likeness (QED) is 0.784. The molecule has 4 nitrogen and oxygen atoms in total. The minimum atomic E-state index is -0.108. The van der Waals surface area contributed by atoms with Crippen LogP contribution in [0.15, 0.2) is 35.7 Å². The number of anilines is 1. The number of ether oxygens (including phenoxy) is 1. The largest absolute Gasteiger partial charge is 0.495 e. The molecule has 0 saturated heterocycles. The summed E-state index contributed by atoms with van der Waals surface area (Å²) in [5.74, 6) is 0.618. The van der Waals surface area contributed by atoms with Crippen LogP contribution in [0.1, 0.15) is 34.5 Å². The maximum Gasteiger partial charge on any atom is 0.224 e. The van der Waals surface area contributed by atoms with Gasteiger partial charge >= 0.3 is 0 Å². The molecule has 0 saturated carbocycles. The monoisotopic (exact) mass is 317 g/mol. The van der Waals surface area contributed by atoms with Gasteiger partial charge in [-0.2, -0.15) is 0 Å².